The SMILES string of the molecule is CNCCCC(NC(=O)OCC1c2ccccc2-c2ccccc21)C(=O)NC(C(C)=O)c1ccccc1. The third kappa shape index (κ3) is 6.24. The zero-order valence-corrected chi connectivity index (χ0v) is 21.2. The second-order valence-corrected chi connectivity index (χ2v) is 9.23. The number of benzene rings is 3. The van der Waals surface area contributed by atoms with Gasteiger partial charge in [0.25, 0.3) is 0 Å². The van der Waals surface area contributed by atoms with Crippen LogP contribution < -0.4 is 16.0 Å². The standard InChI is InChI=1S/C30H33N3O4/c1-20(34)28(21-11-4-3-5-12-21)33-29(35)27(17-10-18-31-2)32-30(36)37-19-26-24-15-8-6-13-22(24)23-14-7-9-16-25(23)26/h3-9,11-16,26-28,31H,10,17-19H2,1-2H3,(H,32,36)(H,33,35). The molecule has 192 valence electrons. The third-order valence-corrected chi connectivity index (χ3v) is 6.70. The third-order valence-electron chi connectivity index (χ3n) is 6.70. The zero-order valence-electron chi connectivity index (χ0n) is 21.2. The Bertz CT molecular complexity index is 1200. The van der Waals surface area contributed by atoms with Crippen LogP contribution in [0.25, 0.3) is 11.1 Å². The summed E-state index contributed by atoms with van der Waals surface area (Å²) in [6.45, 7) is 2.28. The summed E-state index contributed by atoms with van der Waals surface area (Å²) in [5.74, 6) is -0.682. The van der Waals surface area contributed by atoms with Gasteiger partial charge in [0.2, 0.25) is 5.91 Å². The van der Waals surface area contributed by atoms with E-state index in [0.29, 0.717) is 24.9 Å². The van der Waals surface area contributed by atoms with Crippen LogP contribution >= 0.6 is 0 Å². The maximum absolute atomic E-state index is 13.2. The molecule has 0 radical (unpaired) electrons. The smallest absolute Gasteiger partial charge is 0.407 e. The second kappa shape index (κ2) is 12.3. The molecule has 7 nitrogen and oxygen atoms in total. The Morgan fingerprint density at radius 2 is 1.43 bits per heavy atom. The molecule has 2 amide bonds. The van der Waals surface area contributed by atoms with Crippen LogP contribution in [0, 0.1) is 0 Å². The summed E-state index contributed by atoms with van der Waals surface area (Å²) in [6, 6.07) is 23.7. The molecule has 4 rings (SSSR count). The molecule has 3 aromatic carbocycles. The van der Waals surface area contributed by atoms with Gasteiger partial charge in [-0.1, -0.05) is 78.9 Å². The van der Waals surface area contributed by atoms with Gasteiger partial charge in [0.1, 0.15) is 18.7 Å². The van der Waals surface area contributed by atoms with Crippen molar-refractivity contribution in [1.82, 2.24) is 16.0 Å². The number of carbonyl (C=O) groups is 3. The number of hydrogen-bond acceptors (Lipinski definition) is 5. The first-order chi connectivity index (χ1) is 18.0. The van der Waals surface area contributed by atoms with E-state index >= 15 is 0 Å². The zero-order chi connectivity index (χ0) is 26.2. The van der Waals surface area contributed by atoms with Crippen molar-refractivity contribution in [3.05, 3.63) is 95.6 Å². The number of amides is 2. The first-order valence-electron chi connectivity index (χ1n) is 12.6. The van der Waals surface area contributed by atoms with Gasteiger partial charge in [0.15, 0.2) is 5.78 Å². The minimum atomic E-state index is -0.838. The normalized spacial score (nSPS) is 13.7. The van der Waals surface area contributed by atoms with Crippen LogP contribution in [-0.4, -0.2) is 44.0 Å². The van der Waals surface area contributed by atoms with E-state index < -0.39 is 24.1 Å². The first-order valence-corrected chi connectivity index (χ1v) is 12.6. The summed E-state index contributed by atoms with van der Waals surface area (Å²) in [4.78, 5) is 38.4. The Morgan fingerprint density at radius 3 is 2.03 bits per heavy atom. The van der Waals surface area contributed by atoms with E-state index in [-0.39, 0.29) is 18.3 Å². The largest absolute Gasteiger partial charge is 0.449 e. The van der Waals surface area contributed by atoms with Crippen LogP contribution in [0.4, 0.5) is 4.79 Å². The van der Waals surface area contributed by atoms with E-state index in [9.17, 15) is 14.4 Å². The Labute approximate surface area is 217 Å². The highest BCUT2D eigenvalue weighted by atomic mass is 16.5. The van der Waals surface area contributed by atoms with Gasteiger partial charge in [0, 0.05) is 5.92 Å². The highest BCUT2D eigenvalue weighted by Gasteiger charge is 2.30. The first kappa shape index (κ1) is 26.1. The molecule has 1 aliphatic carbocycles. The van der Waals surface area contributed by atoms with Gasteiger partial charge in [-0.25, -0.2) is 4.79 Å². The van der Waals surface area contributed by atoms with Gasteiger partial charge in [-0.15, -0.1) is 0 Å². The molecule has 0 aromatic heterocycles. The minimum absolute atomic E-state index is 0.0742. The summed E-state index contributed by atoms with van der Waals surface area (Å²) in [6.07, 6.45) is 0.399. The summed E-state index contributed by atoms with van der Waals surface area (Å²) >= 11 is 0. The van der Waals surface area contributed by atoms with Crippen molar-refractivity contribution >= 4 is 17.8 Å². The van der Waals surface area contributed by atoms with Gasteiger partial charge < -0.3 is 20.7 Å². The number of hydrogen-bond donors (Lipinski definition) is 3. The van der Waals surface area contributed by atoms with Crippen LogP contribution in [0.1, 0.15) is 48.4 Å². The average molecular weight is 500 g/mol. The number of ketones is 1. The number of ether oxygens (including phenoxy) is 1. The molecule has 3 N–H and O–H groups in total. The van der Waals surface area contributed by atoms with Gasteiger partial charge in [-0.2, -0.15) is 0 Å². The van der Waals surface area contributed by atoms with Gasteiger partial charge >= 0.3 is 6.09 Å². The van der Waals surface area contributed by atoms with Crippen molar-refractivity contribution in [2.24, 2.45) is 0 Å². The molecule has 37 heavy (non-hydrogen) atoms. The molecule has 0 bridgehead atoms. The van der Waals surface area contributed by atoms with Crippen molar-refractivity contribution < 1.29 is 19.1 Å². The van der Waals surface area contributed by atoms with Gasteiger partial charge in [-0.3, -0.25) is 9.59 Å². The van der Waals surface area contributed by atoms with E-state index in [0.717, 1.165) is 22.3 Å². The lowest BCUT2D eigenvalue weighted by Gasteiger charge is -2.23. The molecule has 2 unspecified atom stereocenters. The molecule has 0 aliphatic heterocycles. The monoisotopic (exact) mass is 499 g/mol. The molecule has 0 saturated heterocycles. The molecule has 0 spiro atoms. The molecular formula is C30H33N3O4. The number of alkyl carbamates (subject to hydrolysis) is 1. The average Bonchev–Trinajstić information content (AvgIpc) is 3.24. The number of carbonyl (C=O) groups excluding carboxylic acids is 3. The van der Waals surface area contributed by atoms with Crippen molar-refractivity contribution in [3.63, 3.8) is 0 Å². The number of rotatable bonds is 11. The van der Waals surface area contributed by atoms with Crippen LogP contribution in [0.15, 0.2) is 78.9 Å². The quantitative estimate of drug-likeness (QED) is 0.341. The Hall–Kier alpha value is -3.97. The maximum Gasteiger partial charge on any atom is 0.407 e. The van der Waals surface area contributed by atoms with E-state index in [1.807, 2.05) is 49.5 Å². The van der Waals surface area contributed by atoms with Crippen LogP contribution in [0.3, 0.4) is 0 Å². The van der Waals surface area contributed by atoms with Crippen molar-refractivity contribution in [2.75, 3.05) is 20.2 Å². The number of nitrogens with one attached hydrogen (secondary N) is 3. The highest BCUT2D eigenvalue weighted by molar-refractivity contribution is 5.92. The fourth-order valence-corrected chi connectivity index (χ4v) is 4.84. The maximum atomic E-state index is 13.2. The molecule has 7 heteroatoms. The van der Waals surface area contributed by atoms with Crippen LogP contribution in [-0.2, 0) is 14.3 Å². The van der Waals surface area contributed by atoms with E-state index in [4.69, 9.17) is 4.74 Å². The Morgan fingerprint density at radius 1 is 0.838 bits per heavy atom. The molecule has 0 saturated carbocycles. The van der Waals surface area contributed by atoms with Crippen molar-refractivity contribution in [2.45, 2.75) is 37.8 Å². The fraction of sp³-hybridized carbons (Fsp3) is 0.300. The lowest BCUT2D eigenvalue weighted by Crippen LogP contribution is -2.49. The molecule has 1 aliphatic rings. The van der Waals surface area contributed by atoms with Gasteiger partial charge in [-0.05, 0) is 61.2 Å². The van der Waals surface area contributed by atoms with Crippen LogP contribution in [0.2, 0.25) is 0 Å². The Balaban J connectivity index is 1.43. The van der Waals surface area contributed by atoms with Gasteiger partial charge in [0.05, 0.1) is 0 Å². The summed E-state index contributed by atoms with van der Waals surface area (Å²) in [7, 11) is 1.83. The molecule has 3 aromatic rings. The molecule has 0 heterocycles. The molecule has 0 fully saturated rings. The van der Waals surface area contributed by atoms with Crippen LogP contribution in [0.5, 0.6) is 0 Å². The van der Waals surface area contributed by atoms with E-state index in [1.54, 1.807) is 12.1 Å². The fourth-order valence-electron chi connectivity index (χ4n) is 4.84. The predicted octanol–water partition coefficient (Wildman–Crippen LogP) is 4.34. The van der Waals surface area contributed by atoms with Crippen molar-refractivity contribution in [1.29, 1.82) is 0 Å². The molecule has 2 atom stereocenters. The second-order valence-electron chi connectivity index (χ2n) is 9.23. The lowest BCUT2D eigenvalue weighted by atomic mass is 9.98. The topological polar surface area (TPSA) is 96.5 Å². The van der Waals surface area contributed by atoms with E-state index in [1.165, 1.54) is 6.92 Å². The van der Waals surface area contributed by atoms with Crippen molar-refractivity contribution in [3.8, 4) is 11.1 Å². The number of Topliss-reactive ketones (excluding diaryl/α,β-unsaturated/α-hetero) is 1. The molecular weight excluding hydrogens is 466 g/mol. The summed E-state index contributed by atoms with van der Waals surface area (Å²) in [5.41, 5.74) is 5.22. The lowest BCUT2D eigenvalue weighted by molar-refractivity contribution is -0.128. The Kier molecular flexibility index (Phi) is 8.69. The highest BCUT2D eigenvalue weighted by Crippen LogP contribution is 2.44. The van der Waals surface area contributed by atoms with E-state index in [2.05, 4.69) is 40.2 Å². The summed E-state index contributed by atoms with van der Waals surface area (Å²) < 4.78 is 5.65. The minimum Gasteiger partial charge on any atom is -0.449 e. The summed E-state index contributed by atoms with van der Waals surface area (Å²) in [5, 5.41) is 8.59. The number of fused-ring (bicyclic) bond motifs is 3. The predicted molar refractivity (Wildman–Crippen MR) is 143 cm³/mol.